The van der Waals surface area contributed by atoms with Crippen LogP contribution in [-0.2, 0) is 4.79 Å². The summed E-state index contributed by atoms with van der Waals surface area (Å²) in [7, 11) is 0. The summed E-state index contributed by atoms with van der Waals surface area (Å²) < 4.78 is 5.97. The van der Waals surface area contributed by atoms with Crippen molar-refractivity contribution in [1.82, 2.24) is 4.90 Å². The molecule has 1 aliphatic heterocycles. The Bertz CT molecular complexity index is 683. The first-order valence-corrected chi connectivity index (χ1v) is 11.1. The molecule has 1 heterocycles. The zero-order chi connectivity index (χ0) is 19.5. The molecule has 0 spiro atoms. The van der Waals surface area contributed by atoms with Crippen molar-refractivity contribution in [3.8, 4) is 5.75 Å². The zero-order valence-electron chi connectivity index (χ0n) is 18.0. The summed E-state index contributed by atoms with van der Waals surface area (Å²) in [6.45, 7) is 6.15. The predicted octanol–water partition coefficient (Wildman–Crippen LogP) is 4.41. The first kappa shape index (κ1) is 25.3. The van der Waals surface area contributed by atoms with Crippen molar-refractivity contribution in [3.63, 3.8) is 0 Å². The molecule has 1 saturated heterocycles. The highest BCUT2D eigenvalue weighted by atomic mass is 35.5. The summed E-state index contributed by atoms with van der Waals surface area (Å²) in [5.74, 6) is 2.22. The number of carbonyl (C=O) groups is 1. The molecule has 2 bridgehead atoms. The van der Waals surface area contributed by atoms with Gasteiger partial charge >= 0.3 is 0 Å². The molecule has 30 heavy (non-hydrogen) atoms. The number of halogens is 2. The minimum Gasteiger partial charge on any atom is -0.492 e. The number of likely N-dealkylation sites (tertiary alicyclic amines) is 1. The van der Waals surface area contributed by atoms with Crippen LogP contribution in [0.3, 0.4) is 0 Å². The van der Waals surface area contributed by atoms with Crippen molar-refractivity contribution >= 4 is 36.4 Å². The SMILES string of the molecule is Cc1cc(NC(=O)C2CC3CCCC(C2)C3N)ccc1OCCN1CCCC1.Cl.Cl. The summed E-state index contributed by atoms with van der Waals surface area (Å²) in [4.78, 5) is 15.3. The lowest BCUT2D eigenvalue weighted by Gasteiger charge is -2.43. The van der Waals surface area contributed by atoms with E-state index >= 15 is 0 Å². The molecule has 7 heteroatoms. The number of carbonyl (C=O) groups excluding carboxylic acids is 1. The van der Waals surface area contributed by atoms with Crippen LogP contribution in [0.1, 0.15) is 50.5 Å². The average Bonchev–Trinajstić information content (AvgIpc) is 3.16. The Hall–Kier alpha value is -1.01. The Morgan fingerprint density at radius 1 is 1.13 bits per heavy atom. The second-order valence-corrected chi connectivity index (χ2v) is 9.06. The second-order valence-electron chi connectivity index (χ2n) is 9.06. The van der Waals surface area contributed by atoms with Crippen LogP contribution in [-0.4, -0.2) is 43.1 Å². The Morgan fingerprint density at radius 3 is 2.43 bits per heavy atom. The van der Waals surface area contributed by atoms with Crippen molar-refractivity contribution < 1.29 is 9.53 Å². The maximum Gasteiger partial charge on any atom is 0.227 e. The summed E-state index contributed by atoms with van der Waals surface area (Å²) in [5.41, 5.74) is 8.31. The highest BCUT2D eigenvalue weighted by molar-refractivity contribution is 5.92. The van der Waals surface area contributed by atoms with E-state index in [0.717, 1.165) is 43.0 Å². The number of fused-ring (bicyclic) bond motifs is 2. The van der Waals surface area contributed by atoms with Gasteiger partial charge in [-0.15, -0.1) is 24.8 Å². The fraction of sp³-hybridized carbons (Fsp3) is 0.696. The number of ether oxygens (including phenoxy) is 1. The predicted molar refractivity (Wildman–Crippen MR) is 127 cm³/mol. The first-order chi connectivity index (χ1) is 13.6. The van der Waals surface area contributed by atoms with Gasteiger partial charge in [-0.05, 0) is 94.1 Å². The van der Waals surface area contributed by atoms with Gasteiger partial charge in [0.1, 0.15) is 12.4 Å². The minimum atomic E-state index is 0. The van der Waals surface area contributed by atoms with Gasteiger partial charge in [-0.25, -0.2) is 0 Å². The normalized spacial score (nSPS) is 28.2. The van der Waals surface area contributed by atoms with Crippen molar-refractivity contribution in [1.29, 1.82) is 0 Å². The number of anilines is 1. The first-order valence-electron chi connectivity index (χ1n) is 11.1. The fourth-order valence-electron chi connectivity index (χ4n) is 5.43. The number of nitrogens with zero attached hydrogens (tertiary/aromatic N) is 1. The van der Waals surface area contributed by atoms with Gasteiger partial charge in [-0.2, -0.15) is 0 Å². The zero-order valence-corrected chi connectivity index (χ0v) is 19.6. The van der Waals surface area contributed by atoms with Gasteiger partial charge in [0, 0.05) is 24.2 Å². The number of nitrogens with one attached hydrogen (secondary N) is 1. The van der Waals surface area contributed by atoms with Gasteiger partial charge in [0.15, 0.2) is 0 Å². The molecule has 1 aromatic carbocycles. The molecule has 4 rings (SSSR count). The van der Waals surface area contributed by atoms with Crippen LogP contribution in [0.5, 0.6) is 5.75 Å². The standard InChI is InChI=1S/C23H35N3O2.2ClH/c1-16-13-20(7-8-21(16)28-12-11-26-9-2-3-10-26)25-23(27)19-14-17-5-4-6-18(15-19)22(17)24;;/h7-8,13,17-19,22H,2-6,9-12,14-15,24H2,1H3,(H,25,27);2*1H. The van der Waals surface area contributed by atoms with Crippen LogP contribution in [0.2, 0.25) is 0 Å². The molecule has 2 aliphatic carbocycles. The molecular formula is C23H37Cl2N3O2. The molecular weight excluding hydrogens is 421 g/mol. The van der Waals surface area contributed by atoms with E-state index in [1.54, 1.807) is 0 Å². The van der Waals surface area contributed by atoms with Gasteiger partial charge in [-0.3, -0.25) is 9.69 Å². The Kier molecular flexibility index (Phi) is 9.73. The molecule has 3 fully saturated rings. The maximum atomic E-state index is 12.8. The second kappa shape index (κ2) is 11.6. The van der Waals surface area contributed by atoms with Crippen LogP contribution in [0.25, 0.3) is 0 Å². The molecule has 3 N–H and O–H groups in total. The Labute approximate surface area is 193 Å². The number of aryl methyl sites for hydroxylation is 1. The molecule has 0 aromatic heterocycles. The Morgan fingerprint density at radius 2 is 1.80 bits per heavy atom. The number of nitrogens with two attached hydrogens (primary N) is 1. The van der Waals surface area contributed by atoms with Crippen molar-refractivity contribution in [2.45, 2.75) is 57.9 Å². The van der Waals surface area contributed by atoms with Gasteiger partial charge in [0.2, 0.25) is 5.91 Å². The largest absolute Gasteiger partial charge is 0.492 e. The summed E-state index contributed by atoms with van der Waals surface area (Å²) in [5, 5.41) is 3.14. The van der Waals surface area contributed by atoms with Gasteiger partial charge in [0.25, 0.3) is 0 Å². The fourth-order valence-corrected chi connectivity index (χ4v) is 5.43. The molecule has 1 aromatic rings. The van der Waals surface area contributed by atoms with Crippen LogP contribution in [0, 0.1) is 24.7 Å². The Balaban J connectivity index is 0.00000160. The van der Waals surface area contributed by atoms with E-state index in [0.29, 0.717) is 17.9 Å². The summed E-state index contributed by atoms with van der Waals surface area (Å²) in [6.07, 6.45) is 8.15. The molecule has 2 atom stereocenters. The molecule has 5 nitrogen and oxygen atoms in total. The van der Waals surface area contributed by atoms with Gasteiger partial charge in [0.05, 0.1) is 0 Å². The number of benzene rings is 1. The molecule has 1 amide bonds. The maximum absolute atomic E-state index is 12.8. The van der Waals surface area contributed by atoms with E-state index in [1.165, 1.54) is 45.2 Å². The third kappa shape index (κ3) is 6.03. The smallest absolute Gasteiger partial charge is 0.227 e. The number of amides is 1. The lowest BCUT2D eigenvalue weighted by atomic mass is 9.65. The van der Waals surface area contributed by atoms with Crippen molar-refractivity contribution in [3.05, 3.63) is 23.8 Å². The minimum absolute atomic E-state index is 0. The number of hydrogen-bond donors (Lipinski definition) is 2. The average molecular weight is 458 g/mol. The lowest BCUT2D eigenvalue weighted by molar-refractivity contribution is -0.122. The number of rotatable bonds is 6. The molecule has 0 radical (unpaired) electrons. The number of hydrogen-bond acceptors (Lipinski definition) is 4. The third-order valence-corrected chi connectivity index (χ3v) is 7.09. The molecule has 2 unspecified atom stereocenters. The van der Waals surface area contributed by atoms with Gasteiger partial charge in [-0.1, -0.05) is 6.42 Å². The van der Waals surface area contributed by atoms with Crippen LogP contribution in [0.4, 0.5) is 5.69 Å². The summed E-state index contributed by atoms with van der Waals surface area (Å²) >= 11 is 0. The van der Waals surface area contributed by atoms with Crippen molar-refractivity contribution in [2.75, 3.05) is 31.6 Å². The highest BCUT2D eigenvalue weighted by Gasteiger charge is 2.40. The highest BCUT2D eigenvalue weighted by Crippen LogP contribution is 2.42. The quantitative estimate of drug-likeness (QED) is 0.663. The van der Waals surface area contributed by atoms with E-state index in [9.17, 15) is 4.79 Å². The summed E-state index contributed by atoms with van der Waals surface area (Å²) in [6, 6.07) is 6.28. The third-order valence-electron chi connectivity index (χ3n) is 7.09. The molecule has 2 saturated carbocycles. The van der Waals surface area contributed by atoms with E-state index in [1.807, 2.05) is 25.1 Å². The molecule has 3 aliphatic rings. The molecule has 170 valence electrons. The van der Waals surface area contributed by atoms with Crippen LogP contribution < -0.4 is 15.8 Å². The topological polar surface area (TPSA) is 67.6 Å². The van der Waals surface area contributed by atoms with Crippen LogP contribution >= 0.6 is 24.8 Å². The monoisotopic (exact) mass is 457 g/mol. The van der Waals surface area contributed by atoms with E-state index < -0.39 is 0 Å². The van der Waals surface area contributed by atoms with E-state index in [-0.39, 0.29) is 36.6 Å². The van der Waals surface area contributed by atoms with E-state index in [2.05, 4.69) is 10.2 Å². The van der Waals surface area contributed by atoms with E-state index in [4.69, 9.17) is 10.5 Å². The van der Waals surface area contributed by atoms with Crippen LogP contribution in [0.15, 0.2) is 18.2 Å². The van der Waals surface area contributed by atoms with Gasteiger partial charge < -0.3 is 15.8 Å². The lowest BCUT2D eigenvalue weighted by Crippen LogP contribution is -2.48. The van der Waals surface area contributed by atoms with Crippen molar-refractivity contribution in [2.24, 2.45) is 23.5 Å².